The first-order valence-corrected chi connectivity index (χ1v) is 6.54. The van der Waals surface area contributed by atoms with Crippen molar-refractivity contribution < 1.29 is 13.9 Å². The molecule has 1 heterocycles. The number of aryl methyl sites for hydroxylation is 1. The quantitative estimate of drug-likeness (QED) is 0.656. The van der Waals surface area contributed by atoms with Gasteiger partial charge in [0.15, 0.2) is 6.54 Å². The van der Waals surface area contributed by atoms with Gasteiger partial charge in [0.1, 0.15) is 5.75 Å². The number of benzene rings is 1. The second-order valence-electron chi connectivity index (χ2n) is 3.74. The number of nitrogens with one attached hydrogen (secondary N) is 1. The number of nitrogens with zero attached hydrogens (tertiary/aromatic N) is 1. The van der Waals surface area contributed by atoms with Crippen molar-refractivity contribution >= 4 is 11.8 Å². The van der Waals surface area contributed by atoms with Crippen LogP contribution in [0.15, 0.2) is 38.5 Å². The van der Waals surface area contributed by atoms with Gasteiger partial charge >= 0.3 is 5.63 Å². The Morgan fingerprint density at radius 3 is 2.67 bits per heavy atom. The summed E-state index contributed by atoms with van der Waals surface area (Å²) in [6, 6.07) is 7.89. The number of ether oxygens (including phenoxy) is 1. The number of aromatic nitrogens is 2. The highest BCUT2D eigenvalue weighted by Gasteiger charge is 2.14. The van der Waals surface area contributed by atoms with Crippen molar-refractivity contribution in [2.45, 2.75) is 18.4 Å². The maximum atomic E-state index is 11.1. The van der Waals surface area contributed by atoms with Crippen LogP contribution in [-0.2, 0) is 6.54 Å². The van der Waals surface area contributed by atoms with E-state index in [0.29, 0.717) is 12.2 Å². The molecule has 96 valence electrons. The largest absolute Gasteiger partial charge is 0.497 e. The molecule has 1 N–H and O–H groups in total. The third-order valence-electron chi connectivity index (χ3n) is 2.59. The topological polar surface area (TPSA) is 59.1 Å². The Balaban J connectivity index is 1.88. The first-order valence-electron chi connectivity index (χ1n) is 5.55. The average Bonchev–Trinajstić information content (AvgIpc) is 2.71. The molecule has 18 heavy (non-hydrogen) atoms. The minimum absolute atomic E-state index is 0.315. The summed E-state index contributed by atoms with van der Waals surface area (Å²) < 4.78 is 11.5. The van der Waals surface area contributed by atoms with Crippen LogP contribution < -0.4 is 15.0 Å². The molecule has 2 aromatic rings. The van der Waals surface area contributed by atoms with E-state index in [1.54, 1.807) is 30.5 Å². The second kappa shape index (κ2) is 5.77. The van der Waals surface area contributed by atoms with Crippen LogP contribution in [0, 0.1) is 6.92 Å². The molecule has 0 bridgehead atoms. The summed E-state index contributed by atoms with van der Waals surface area (Å²) in [6.07, 6.45) is 0. The number of methoxy groups -OCH3 is 1. The number of thioether (sulfide) groups is 1. The summed E-state index contributed by atoms with van der Waals surface area (Å²) in [5.41, 5.74) is 0.273. The smallest absolute Gasteiger partial charge is 0.429 e. The lowest BCUT2D eigenvalue weighted by atomic mass is 10.3. The zero-order chi connectivity index (χ0) is 13.0. The normalized spacial score (nSPS) is 10.6. The predicted octanol–water partition coefficient (Wildman–Crippen LogP) is 1.36. The van der Waals surface area contributed by atoms with Crippen molar-refractivity contribution in [3.05, 3.63) is 40.4 Å². The zero-order valence-corrected chi connectivity index (χ0v) is 11.1. The molecule has 0 radical (unpaired) electrons. The monoisotopic (exact) mass is 267 g/mol. The van der Waals surface area contributed by atoms with Crippen molar-refractivity contribution in [1.82, 2.24) is 5.27 Å². The van der Waals surface area contributed by atoms with Gasteiger partial charge < -0.3 is 4.74 Å². The van der Waals surface area contributed by atoms with E-state index >= 15 is 0 Å². The molecule has 0 unspecified atom stereocenters. The number of hydrogen-bond acceptors (Lipinski definition) is 4. The lowest BCUT2D eigenvalue weighted by Crippen LogP contribution is -2.40. The van der Waals surface area contributed by atoms with Gasteiger partial charge in [-0.3, -0.25) is 4.52 Å². The predicted molar refractivity (Wildman–Crippen MR) is 68.0 cm³/mol. The molecule has 1 aromatic heterocycles. The van der Waals surface area contributed by atoms with E-state index in [9.17, 15) is 4.79 Å². The van der Waals surface area contributed by atoms with Crippen molar-refractivity contribution in [2.75, 3.05) is 12.9 Å². The zero-order valence-electron chi connectivity index (χ0n) is 10.3. The van der Waals surface area contributed by atoms with Gasteiger partial charge in [0.2, 0.25) is 0 Å². The first kappa shape index (κ1) is 12.8. The summed E-state index contributed by atoms with van der Waals surface area (Å²) in [6.45, 7) is 2.44. The van der Waals surface area contributed by atoms with E-state index in [-0.39, 0.29) is 5.63 Å². The molecule has 0 aliphatic rings. The van der Waals surface area contributed by atoms with Gasteiger partial charge in [-0.05, 0) is 29.5 Å². The van der Waals surface area contributed by atoms with Crippen LogP contribution in [0.1, 0.15) is 5.69 Å². The van der Waals surface area contributed by atoms with Crippen LogP contribution in [0.4, 0.5) is 0 Å². The summed E-state index contributed by atoms with van der Waals surface area (Å²) in [5, 5.41) is 2.57. The van der Waals surface area contributed by atoms with Gasteiger partial charge in [0.25, 0.3) is 5.69 Å². The SMILES string of the molecule is COc1ccc(SCC[n+]2[nH]oc(=O)c2C)cc1. The Bertz CT molecular complexity index is 559. The maximum Gasteiger partial charge on any atom is 0.429 e. The van der Waals surface area contributed by atoms with Crippen LogP contribution in [0.2, 0.25) is 0 Å². The molecule has 0 atom stereocenters. The van der Waals surface area contributed by atoms with E-state index in [4.69, 9.17) is 4.74 Å². The highest BCUT2D eigenvalue weighted by Crippen LogP contribution is 2.20. The molecule has 0 amide bonds. The molecule has 0 spiro atoms. The Hall–Kier alpha value is -1.69. The highest BCUT2D eigenvalue weighted by atomic mass is 32.2. The Labute approximate surface area is 109 Å². The van der Waals surface area contributed by atoms with Crippen molar-refractivity contribution in [1.29, 1.82) is 0 Å². The van der Waals surface area contributed by atoms with Crippen molar-refractivity contribution in [3.8, 4) is 5.75 Å². The summed E-state index contributed by atoms with van der Waals surface area (Å²) in [7, 11) is 1.65. The van der Waals surface area contributed by atoms with Gasteiger partial charge in [-0.2, -0.15) is 0 Å². The number of aromatic amines is 1. The van der Waals surface area contributed by atoms with E-state index in [2.05, 4.69) is 9.79 Å². The number of H-pyrrole nitrogens is 1. The van der Waals surface area contributed by atoms with Gasteiger partial charge in [0, 0.05) is 11.8 Å². The second-order valence-corrected chi connectivity index (χ2v) is 4.91. The van der Waals surface area contributed by atoms with E-state index in [1.165, 1.54) is 4.90 Å². The Morgan fingerprint density at radius 1 is 1.39 bits per heavy atom. The lowest BCUT2D eigenvalue weighted by Gasteiger charge is -2.01. The van der Waals surface area contributed by atoms with Gasteiger partial charge in [-0.1, -0.05) is 4.68 Å². The molecule has 0 saturated carbocycles. The third kappa shape index (κ3) is 2.95. The van der Waals surface area contributed by atoms with Gasteiger partial charge in [0.05, 0.1) is 12.9 Å². The molecular formula is C12H15N2O3S+. The maximum absolute atomic E-state index is 11.1. The minimum Gasteiger partial charge on any atom is -0.497 e. The van der Waals surface area contributed by atoms with Crippen molar-refractivity contribution in [3.63, 3.8) is 0 Å². The van der Waals surface area contributed by atoms with E-state index in [0.717, 1.165) is 11.5 Å². The Kier molecular flexibility index (Phi) is 4.09. The summed E-state index contributed by atoms with van der Waals surface area (Å²) >= 11 is 1.71. The summed E-state index contributed by atoms with van der Waals surface area (Å²) in [5.74, 6) is 1.71. The number of rotatable bonds is 5. The van der Waals surface area contributed by atoms with E-state index < -0.39 is 0 Å². The fourth-order valence-electron chi connectivity index (χ4n) is 1.49. The first-order chi connectivity index (χ1) is 8.70. The molecule has 2 rings (SSSR count). The lowest BCUT2D eigenvalue weighted by molar-refractivity contribution is -0.763. The highest BCUT2D eigenvalue weighted by molar-refractivity contribution is 7.99. The minimum atomic E-state index is -0.315. The molecule has 0 fully saturated rings. The molecule has 0 aliphatic carbocycles. The molecule has 0 aliphatic heterocycles. The molecule has 6 heteroatoms. The van der Waals surface area contributed by atoms with Crippen LogP contribution in [0.3, 0.4) is 0 Å². The summed E-state index contributed by atoms with van der Waals surface area (Å²) in [4.78, 5) is 12.3. The molecule has 1 aromatic carbocycles. The van der Waals surface area contributed by atoms with Crippen LogP contribution >= 0.6 is 11.8 Å². The van der Waals surface area contributed by atoms with Gasteiger partial charge in [-0.15, -0.1) is 11.8 Å². The third-order valence-corrected chi connectivity index (χ3v) is 3.58. The standard InChI is InChI=1S/C12H14N2O3S/c1-9-12(15)17-13-14(9)7-8-18-11-5-3-10(16-2)4-6-11/h3-6H,7-8H2,1-2H3/p+1. The molecule has 0 saturated heterocycles. The van der Waals surface area contributed by atoms with Crippen molar-refractivity contribution in [2.24, 2.45) is 0 Å². The van der Waals surface area contributed by atoms with Gasteiger partial charge in [-0.25, -0.2) is 4.79 Å². The molecular weight excluding hydrogens is 252 g/mol. The fraction of sp³-hybridized carbons (Fsp3) is 0.333. The Morgan fingerprint density at radius 2 is 2.11 bits per heavy atom. The molecule has 5 nitrogen and oxygen atoms in total. The van der Waals surface area contributed by atoms with Crippen LogP contribution in [0.25, 0.3) is 0 Å². The van der Waals surface area contributed by atoms with Crippen LogP contribution in [0.5, 0.6) is 5.75 Å². The fourth-order valence-corrected chi connectivity index (χ4v) is 2.33. The van der Waals surface area contributed by atoms with Crippen LogP contribution in [-0.4, -0.2) is 18.1 Å². The van der Waals surface area contributed by atoms with E-state index in [1.807, 2.05) is 24.3 Å². The number of hydrogen-bond donors (Lipinski definition) is 1. The average molecular weight is 267 g/mol.